The number of likely N-dealkylation sites (tertiary alicyclic amines) is 1. The molecule has 0 aromatic carbocycles. The third-order valence-corrected chi connectivity index (χ3v) is 4.65. The van der Waals surface area contributed by atoms with Gasteiger partial charge >= 0.3 is 6.03 Å². The average Bonchev–Trinajstić information content (AvgIpc) is 2.35. The van der Waals surface area contributed by atoms with E-state index in [2.05, 4.69) is 19.2 Å². The van der Waals surface area contributed by atoms with Crippen LogP contribution in [-0.4, -0.2) is 64.2 Å². The van der Waals surface area contributed by atoms with Crippen LogP contribution in [-0.2, 0) is 14.6 Å². The third-order valence-electron chi connectivity index (χ3n) is 3.74. The molecule has 0 saturated carbocycles. The van der Waals surface area contributed by atoms with E-state index in [0.29, 0.717) is 25.0 Å². The fraction of sp³-hybridized carbons (Fsp3) is 0.923. The third kappa shape index (κ3) is 6.56. The van der Waals surface area contributed by atoms with Crippen LogP contribution in [0.4, 0.5) is 4.79 Å². The minimum Gasteiger partial charge on any atom is -0.379 e. The van der Waals surface area contributed by atoms with Gasteiger partial charge < -0.3 is 15.0 Å². The number of rotatable bonds is 6. The molecule has 0 spiro atoms. The molecular formula is C13H26N2O4S. The predicted octanol–water partition coefficient (Wildman–Crippen LogP) is 0.735. The zero-order chi connectivity index (χ0) is 15.2. The number of sulfone groups is 1. The molecule has 118 valence electrons. The van der Waals surface area contributed by atoms with Crippen molar-refractivity contribution < 1.29 is 17.9 Å². The van der Waals surface area contributed by atoms with E-state index in [4.69, 9.17) is 4.74 Å². The Kier molecular flexibility index (Phi) is 6.75. The molecule has 0 aromatic heterocycles. The first kappa shape index (κ1) is 17.2. The van der Waals surface area contributed by atoms with Crippen LogP contribution in [0.15, 0.2) is 0 Å². The van der Waals surface area contributed by atoms with Gasteiger partial charge in [-0.15, -0.1) is 0 Å². The lowest BCUT2D eigenvalue weighted by Gasteiger charge is -2.35. The molecule has 0 aliphatic carbocycles. The Morgan fingerprint density at radius 2 is 2.00 bits per heavy atom. The topological polar surface area (TPSA) is 75.7 Å². The van der Waals surface area contributed by atoms with E-state index < -0.39 is 9.84 Å². The van der Waals surface area contributed by atoms with Crippen molar-refractivity contribution >= 4 is 15.9 Å². The molecule has 1 aliphatic rings. The first-order valence-corrected chi connectivity index (χ1v) is 9.14. The van der Waals surface area contributed by atoms with E-state index >= 15 is 0 Å². The molecule has 1 aliphatic heterocycles. The second-order valence-corrected chi connectivity index (χ2v) is 7.92. The molecule has 0 aromatic rings. The highest BCUT2D eigenvalue weighted by Gasteiger charge is 2.25. The summed E-state index contributed by atoms with van der Waals surface area (Å²) in [5.41, 5.74) is 0. The monoisotopic (exact) mass is 306 g/mol. The van der Waals surface area contributed by atoms with Crippen molar-refractivity contribution in [1.29, 1.82) is 0 Å². The van der Waals surface area contributed by atoms with Crippen molar-refractivity contribution in [3.05, 3.63) is 0 Å². The summed E-state index contributed by atoms with van der Waals surface area (Å²) in [5.74, 6) is 1.21. The van der Waals surface area contributed by atoms with Gasteiger partial charge in [0.2, 0.25) is 0 Å². The summed E-state index contributed by atoms with van der Waals surface area (Å²) in [6.45, 7) is 6.89. The predicted molar refractivity (Wildman–Crippen MR) is 78.4 cm³/mol. The number of carbonyl (C=O) groups is 1. The number of nitrogens with zero attached hydrogens (tertiary/aromatic N) is 1. The number of hydrogen-bond acceptors (Lipinski definition) is 4. The van der Waals surface area contributed by atoms with Gasteiger partial charge in [-0.05, 0) is 18.3 Å². The van der Waals surface area contributed by atoms with Crippen LogP contribution in [0.25, 0.3) is 0 Å². The van der Waals surface area contributed by atoms with Crippen LogP contribution in [0, 0.1) is 11.8 Å². The smallest absolute Gasteiger partial charge is 0.317 e. The molecule has 7 heteroatoms. The van der Waals surface area contributed by atoms with Gasteiger partial charge in [-0.25, -0.2) is 13.2 Å². The number of amides is 2. The van der Waals surface area contributed by atoms with Crippen molar-refractivity contribution in [2.45, 2.75) is 20.3 Å². The van der Waals surface area contributed by atoms with Gasteiger partial charge in [-0.2, -0.15) is 0 Å². The molecule has 20 heavy (non-hydrogen) atoms. The maximum atomic E-state index is 11.9. The van der Waals surface area contributed by atoms with Crippen molar-refractivity contribution in [3.63, 3.8) is 0 Å². The highest BCUT2D eigenvalue weighted by Crippen LogP contribution is 2.22. The molecule has 0 radical (unpaired) electrons. The SMILES string of the molecule is CC1CCN(C(=O)NCCOCCS(C)(=O)=O)CC1C. The normalized spacial score (nSPS) is 23.6. The quantitative estimate of drug-likeness (QED) is 0.734. The minimum atomic E-state index is -2.98. The van der Waals surface area contributed by atoms with Crippen LogP contribution in [0.3, 0.4) is 0 Å². The summed E-state index contributed by atoms with van der Waals surface area (Å²) in [4.78, 5) is 13.7. The number of nitrogens with one attached hydrogen (secondary N) is 1. The molecule has 0 bridgehead atoms. The minimum absolute atomic E-state index is 0.0163. The molecule has 1 rings (SSSR count). The molecular weight excluding hydrogens is 280 g/mol. The summed E-state index contributed by atoms with van der Waals surface area (Å²) in [5, 5.41) is 2.80. The van der Waals surface area contributed by atoms with Crippen LogP contribution in [0.5, 0.6) is 0 Å². The van der Waals surface area contributed by atoms with Crippen molar-refractivity contribution in [1.82, 2.24) is 10.2 Å². The lowest BCUT2D eigenvalue weighted by atomic mass is 9.89. The first-order valence-electron chi connectivity index (χ1n) is 7.08. The van der Waals surface area contributed by atoms with Gasteiger partial charge in [-0.3, -0.25) is 0 Å². The maximum absolute atomic E-state index is 11.9. The largest absolute Gasteiger partial charge is 0.379 e. The van der Waals surface area contributed by atoms with E-state index in [-0.39, 0.29) is 18.4 Å². The molecule has 1 saturated heterocycles. The second-order valence-electron chi connectivity index (χ2n) is 5.66. The summed E-state index contributed by atoms with van der Waals surface area (Å²) in [7, 11) is -2.98. The number of urea groups is 1. The Hall–Kier alpha value is -0.820. The average molecular weight is 306 g/mol. The van der Waals surface area contributed by atoms with Gasteiger partial charge in [0, 0.05) is 25.9 Å². The lowest BCUT2D eigenvalue weighted by molar-refractivity contribution is 0.131. The molecule has 1 fully saturated rings. The molecule has 2 unspecified atom stereocenters. The van der Waals surface area contributed by atoms with Crippen molar-refractivity contribution in [3.8, 4) is 0 Å². The fourth-order valence-corrected chi connectivity index (χ4v) is 2.52. The van der Waals surface area contributed by atoms with Crippen LogP contribution >= 0.6 is 0 Å². The van der Waals surface area contributed by atoms with E-state index in [1.165, 1.54) is 6.26 Å². The molecule has 2 atom stereocenters. The Labute approximate surface area is 121 Å². The Morgan fingerprint density at radius 1 is 1.30 bits per heavy atom. The van der Waals surface area contributed by atoms with E-state index in [9.17, 15) is 13.2 Å². The van der Waals surface area contributed by atoms with Crippen LogP contribution < -0.4 is 5.32 Å². The Balaban J connectivity index is 2.11. The number of piperidine rings is 1. The van der Waals surface area contributed by atoms with Crippen molar-refractivity contribution in [2.24, 2.45) is 11.8 Å². The lowest BCUT2D eigenvalue weighted by Crippen LogP contribution is -2.47. The van der Waals surface area contributed by atoms with E-state index in [0.717, 1.165) is 19.5 Å². The molecule has 1 N–H and O–H groups in total. The molecule has 1 heterocycles. The number of ether oxygens (including phenoxy) is 1. The van der Waals surface area contributed by atoms with E-state index in [1.54, 1.807) is 0 Å². The summed E-state index contributed by atoms with van der Waals surface area (Å²) in [6, 6.07) is -0.0598. The zero-order valence-corrected chi connectivity index (χ0v) is 13.4. The van der Waals surface area contributed by atoms with Gasteiger partial charge in [0.05, 0.1) is 19.0 Å². The number of carbonyl (C=O) groups excluding carboxylic acids is 1. The fourth-order valence-electron chi connectivity index (χ4n) is 2.10. The van der Waals surface area contributed by atoms with Gasteiger partial charge in [0.25, 0.3) is 0 Å². The second kappa shape index (κ2) is 7.83. The first-order chi connectivity index (χ1) is 9.29. The number of hydrogen-bond donors (Lipinski definition) is 1. The van der Waals surface area contributed by atoms with Crippen LogP contribution in [0.1, 0.15) is 20.3 Å². The van der Waals surface area contributed by atoms with Gasteiger partial charge in [0.15, 0.2) is 0 Å². The highest BCUT2D eigenvalue weighted by atomic mass is 32.2. The summed E-state index contributed by atoms with van der Waals surface area (Å²) in [6.07, 6.45) is 2.22. The highest BCUT2D eigenvalue weighted by molar-refractivity contribution is 7.90. The molecule has 6 nitrogen and oxygen atoms in total. The standard InChI is InChI=1S/C13H26N2O4S/c1-11-4-6-15(10-12(11)2)13(16)14-5-7-19-8-9-20(3,17)18/h11-12H,4-10H2,1-3H3,(H,14,16). The van der Waals surface area contributed by atoms with E-state index in [1.807, 2.05) is 4.90 Å². The van der Waals surface area contributed by atoms with Crippen molar-refractivity contribution in [2.75, 3.05) is 44.9 Å². The van der Waals surface area contributed by atoms with Gasteiger partial charge in [0.1, 0.15) is 9.84 Å². The van der Waals surface area contributed by atoms with Crippen LogP contribution in [0.2, 0.25) is 0 Å². The maximum Gasteiger partial charge on any atom is 0.317 e. The van der Waals surface area contributed by atoms with Gasteiger partial charge in [-0.1, -0.05) is 13.8 Å². The summed E-state index contributed by atoms with van der Waals surface area (Å²) < 4.78 is 26.9. The Bertz CT molecular complexity index is 411. The summed E-state index contributed by atoms with van der Waals surface area (Å²) >= 11 is 0. The molecule has 2 amide bonds. The Morgan fingerprint density at radius 3 is 2.60 bits per heavy atom. The zero-order valence-electron chi connectivity index (χ0n) is 12.6.